The van der Waals surface area contributed by atoms with Crippen LogP contribution >= 0.6 is 23.2 Å². The molecule has 2 aromatic carbocycles. The van der Waals surface area contributed by atoms with Crippen molar-refractivity contribution in [2.24, 2.45) is 0 Å². The molecule has 0 bridgehead atoms. The minimum Gasteiger partial charge on any atom is -0.493 e. The Morgan fingerprint density at radius 3 is 2.28 bits per heavy atom. The molecule has 9 heteroatoms. The van der Waals surface area contributed by atoms with Crippen LogP contribution in [0.3, 0.4) is 0 Å². The van der Waals surface area contributed by atoms with Crippen molar-refractivity contribution in [1.82, 2.24) is 0 Å². The number of methoxy groups -OCH3 is 2. The lowest BCUT2D eigenvalue weighted by Gasteiger charge is -2.10. The zero-order valence-electron chi connectivity index (χ0n) is 13.2. The second kappa shape index (κ2) is 8.04. The van der Waals surface area contributed by atoms with Gasteiger partial charge in [0.2, 0.25) is 0 Å². The Kier molecular flexibility index (Phi) is 6.06. The molecule has 0 saturated heterocycles. The molecule has 0 aliphatic heterocycles. The van der Waals surface area contributed by atoms with Gasteiger partial charge in [0.25, 0.3) is 5.69 Å². The third-order valence-corrected chi connectivity index (χ3v) is 4.01. The van der Waals surface area contributed by atoms with Crippen molar-refractivity contribution in [2.75, 3.05) is 14.2 Å². The predicted octanol–water partition coefficient (Wildman–Crippen LogP) is 4.28. The van der Waals surface area contributed by atoms with Gasteiger partial charge >= 0.3 is 5.97 Å². The molecule has 2 rings (SSSR count). The average Bonchev–Trinajstić information content (AvgIpc) is 2.61. The summed E-state index contributed by atoms with van der Waals surface area (Å²) in [7, 11) is 2.69. The molecule has 7 nitrogen and oxygen atoms in total. The molecule has 0 aliphatic carbocycles. The minimum atomic E-state index is -0.876. The van der Waals surface area contributed by atoms with E-state index in [-0.39, 0.29) is 23.7 Å². The lowest BCUT2D eigenvalue weighted by Crippen LogP contribution is -2.09. The summed E-state index contributed by atoms with van der Waals surface area (Å²) in [5.41, 5.74) is -0.106. The topological polar surface area (TPSA) is 87.9 Å². The van der Waals surface area contributed by atoms with E-state index in [4.69, 9.17) is 37.4 Å². The fourth-order valence-electron chi connectivity index (χ4n) is 2.04. The van der Waals surface area contributed by atoms with E-state index in [1.54, 1.807) is 18.2 Å². The summed E-state index contributed by atoms with van der Waals surface area (Å²) in [6.07, 6.45) is 0. The molecule has 2 aromatic rings. The number of esters is 1. The van der Waals surface area contributed by atoms with Crippen LogP contribution in [0.4, 0.5) is 5.69 Å². The SMILES string of the molecule is COc1cc(C(=O)OCc2ccc(Cl)c(Cl)c2)c([N+](=O)[O-])cc1OC. The van der Waals surface area contributed by atoms with Gasteiger partial charge < -0.3 is 14.2 Å². The smallest absolute Gasteiger partial charge is 0.345 e. The second-order valence-electron chi connectivity index (χ2n) is 4.81. The summed E-state index contributed by atoms with van der Waals surface area (Å²) in [4.78, 5) is 22.8. The van der Waals surface area contributed by atoms with Gasteiger partial charge in [0, 0.05) is 6.07 Å². The molecule has 0 heterocycles. The van der Waals surface area contributed by atoms with Crippen molar-refractivity contribution >= 4 is 34.9 Å². The molecule has 0 fully saturated rings. The number of carbonyl (C=O) groups excluding carboxylic acids is 1. The third kappa shape index (κ3) is 4.32. The van der Waals surface area contributed by atoms with Crippen LogP contribution in [0.5, 0.6) is 11.5 Å². The Bertz CT molecular complexity index is 825. The highest BCUT2D eigenvalue weighted by atomic mass is 35.5. The van der Waals surface area contributed by atoms with Crippen LogP contribution < -0.4 is 9.47 Å². The molecular weight excluding hydrogens is 373 g/mol. The van der Waals surface area contributed by atoms with Crippen LogP contribution in [0.25, 0.3) is 0 Å². The van der Waals surface area contributed by atoms with E-state index >= 15 is 0 Å². The largest absolute Gasteiger partial charge is 0.493 e. The summed E-state index contributed by atoms with van der Waals surface area (Å²) < 4.78 is 15.2. The average molecular weight is 386 g/mol. The van der Waals surface area contributed by atoms with E-state index in [1.165, 1.54) is 20.3 Å². The first-order valence-electron chi connectivity index (χ1n) is 6.88. The fraction of sp³-hybridized carbons (Fsp3) is 0.188. The zero-order chi connectivity index (χ0) is 18.6. The third-order valence-electron chi connectivity index (χ3n) is 3.27. The first kappa shape index (κ1) is 18.8. The van der Waals surface area contributed by atoms with Crippen molar-refractivity contribution in [1.29, 1.82) is 0 Å². The van der Waals surface area contributed by atoms with Crippen molar-refractivity contribution in [3.63, 3.8) is 0 Å². The van der Waals surface area contributed by atoms with Crippen molar-refractivity contribution in [2.45, 2.75) is 6.61 Å². The van der Waals surface area contributed by atoms with Gasteiger partial charge in [-0.15, -0.1) is 0 Å². The Hall–Kier alpha value is -2.51. The summed E-state index contributed by atoms with van der Waals surface area (Å²) in [6, 6.07) is 7.04. The van der Waals surface area contributed by atoms with Crippen LogP contribution in [0.2, 0.25) is 10.0 Å². The summed E-state index contributed by atoms with van der Waals surface area (Å²) in [5.74, 6) is -0.566. The zero-order valence-corrected chi connectivity index (χ0v) is 14.8. The van der Waals surface area contributed by atoms with Crippen LogP contribution in [0.15, 0.2) is 30.3 Å². The molecule has 0 N–H and O–H groups in total. The van der Waals surface area contributed by atoms with Crippen LogP contribution in [-0.4, -0.2) is 25.1 Å². The lowest BCUT2D eigenvalue weighted by molar-refractivity contribution is -0.385. The highest BCUT2D eigenvalue weighted by Gasteiger charge is 2.25. The maximum absolute atomic E-state index is 12.3. The van der Waals surface area contributed by atoms with Gasteiger partial charge in [-0.25, -0.2) is 4.79 Å². The molecule has 0 aromatic heterocycles. The predicted molar refractivity (Wildman–Crippen MR) is 91.8 cm³/mol. The van der Waals surface area contributed by atoms with E-state index in [0.717, 1.165) is 6.07 Å². The molecule has 0 aliphatic rings. The van der Waals surface area contributed by atoms with Crippen LogP contribution in [0, 0.1) is 10.1 Å². The number of carbonyl (C=O) groups is 1. The number of rotatable bonds is 6. The van der Waals surface area contributed by atoms with Gasteiger partial charge in [-0.1, -0.05) is 29.3 Å². The molecule has 0 amide bonds. The number of nitro benzene ring substituents is 1. The summed E-state index contributed by atoms with van der Waals surface area (Å²) in [5, 5.41) is 11.9. The monoisotopic (exact) mass is 385 g/mol. The van der Waals surface area contributed by atoms with Gasteiger partial charge in [-0.3, -0.25) is 10.1 Å². The molecular formula is C16H13Cl2NO6. The Labute approximate surface area is 153 Å². The minimum absolute atomic E-state index is 0.124. The first-order chi connectivity index (χ1) is 11.9. The van der Waals surface area contributed by atoms with Gasteiger partial charge in [0.15, 0.2) is 11.5 Å². The standard InChI is InChI=1S/C16H13Cl2NO6/c1-23-14-6-10(13(19(21)22)7-15(14)24-2)16(20)25-8-9-3-4-11(17)12(18)5-9/h3-7H,8H2,1-2H3. The lowest BCUT2D eigenvalue weighted by atomic mass is 10.1. The van der Waals surface area contributed by atoms with E-state index in [9.17, 15) is 14.9 Å². The highest BCUT2D eigenvalue weighted by Crippen LogP contribution is 2.35. The number of nitro groups is 1. The van der Waals surface area contributed by atoms with E-state index in [1.807, 2.05) is 0 Å². The van der Waals surface area contributed by atoms with E-state index < -0.39 is 16.6 Å². The summed E-state index contributed by atoms with van der Waals surface area (Å²) in [6.45, 7) is -0.124. The number of ether oxygens (including phenoxy) is 3. The van der Waals surface area contributed by atoms with Crippen molar-refractivity contribution in [3.05, 3.63) is 61.6 Å². The summed E-state index contributed by atoms with van der Waals surface area (Å²) >= 11 is 11.7. The van der Waals surface area contributed by atoms with Gasteiger partial charge in [0.05, 0.1) is 35.3 Å². The maximum Gasteiger partial charge on any atom is 0.345 e. The Balaban J connectivity index is 2.28. The normalized spacial score (nSPS) is 10.2. The molecule has 0 atom stereocenters. The quantitative estimate of drug-likeness (QED) is 0.419. The molecule has 0 radical (unpaired) electrons. The van der Waals surface area contributed by atoms with Crippen molar-refractivity contribution < 1.29 is 23.9 Å². The molecule has 0 unspecified atom stereocenters. The Morgan fingerprint density at radius 1 is 1.08 bits per heavy atom. The second-order valence-corrected chi connectivity index (χ2v) is 5.62. The Morgan fingerprint density at radius 2 is 1.72 bits per heavy atom. The number of hydrogen-bond acceptors (Lipinski definition) is 6. The van der Waals surface area contributed by atoms with Gasteiger partial charge in [0.1, 0.15) is 12.2 Å². The van der Waals surface area contributed by atoms with Crippen LogP contribution in [0.1, 0.15) is 15.9 Å². The number of benzene rings is 2. The molecule has 132 valence electrons. The maximum atomic E-state index is 12.3. The van der Waals surface area contributed by atoms with E-state index in [2.05, 4.69) is 0 Å². The highest BCUT2D eigenvalue weighted by molar-refractivity contribution is 6.42. The molecule has 0 spiro atoms. The fourth-order valence-corrected chi connectivity index (χ4v) is 2.36. The molecule has 25 heavy (non-hydrogen) atoms. The van der Waals surface area contributed by atoms with Gasteiger partial charge in [-0.05, 0) is 17.7 Å². The van der Waals surface area contributed by atoms with E-state index in [0.29, 0.717) is 15.6 Å². The molecule has 0 saturated carbocycles. The van der Waals surface area contributed by atoms with Crippen LogP contribution in [-0.2, 0) is 11.3 Å². The number of nitrogens with zero attached hydrogens (tertiary/aromatic N) is 1. The number of hydrogen-bond donors (Lipinski definition) is 0. The number of halogens is 2. The van der Waals surface area contributed by atoms with Crippen molar-refractivity contribution in [3.8, 4) is 11.5 Å². The van der Waals surface area contributed by atoms with Gasteiger partial charge in [-0.2, -0.15) is 0 Å². The first-order valence-corrected chi connectivity index (χ1v) is 7.64.